The number of rotatable bonds is 4. The Morgan fingerprint density at radius 3 is 2.50 bits per heavy atom. The van der Waals surface area contributed by atoms with Crippen LogP contribution in [0.2, 0.25) is 0 Å². The lowest BCUT2D eigenvalue weighted by Crippen LogP contribution is -2.44. The van der Waals surface area contributed by atoms with Gasteiger partial charge < -0.3 is 15.0 Å². The molecule has 1 aliphatic heterocycles. The molecular weight excluding hydrogens is 422 g/mol. The fraction of sp³-hybridized carbons (Fsp3) is 0.160. The fourth-order valence-corrected chi connectivity index (χ4v) is 5.15. The molecule has 0 saturated carbocycles. The Morgan fingerprint density at radius 2 is 1.75 bits per heavy atom. The Bertz CT molecular complexity index is 1280. The molecule has 3 aromatic carbocycles. The standard InChI is InChI=1S/C25H21N3O3S/c1-28-22(15-11-13-16(31-2)14-12-15)21(17-7-3-4-8-18(17)24(28)30)23(29)27-25-26-19-9-5-6-10-20(19)32-25/h3-14,21-22H,1-2H3,(H,26,27,29)/t21-,22+/m0/s1. The molecule has 0 saturated heterocycles. The van der Waals surface area contributed by atoms with E-state index in [9.17, 15) is 9.59 Å². The molecule has 0 fully saturated rings. The van der Waals surface area contributed by atoms with Crippen molar-refractivity contribution in [1.82, 2.24) is 9.88 Å². The van der Waals surface area contributed by atoms with E-state index in [1.54, 1.807) is 25.1 Å². The van der Waals surface area contributed by atoms with Crippen LogP contribution in [0.5, 0.6) is 5.75 Å². The number of benzene rings is 3. The zero-order valence-electron chi connectivity index (χ0n) is 17.6. The number of methoxy groups -OCH3 is 1. The number of hydrogen-bond donors (Lipinski definition) is 1. The van der Waals surface area contributed by atoms with Gasteiger partial charge >= 0.3 is 0 Å². The second kappa shape index (κ2) is 8.09. The number of carbonyl (C=O) groups is 2. The van der Waals surface area contributed by atoms with E-state index in [2.05, 4.69) is 10.3 Å². The van der Waals surface area contributed by atoms with Crippen LogP contribution < -0.4 is 10.1 Å². The first kappa shape index (κ1) is 20.2. The summed E-state index contributed by atoms with van der Waals surface area (Å²) >= 11 is 1.43. The van der Waals surface area contributed by atoms with Crippen molar-refractivity contribution in [2.75, 3.05) is 19.5 Å². The van der Waals surface area contributed by atoms with Gasteiger partial charge in [-0.15, -0.1) is 0 Å². The maximum atomic E-state index is 13.7. The van der Waals surface area contributed by atoms with Gasteiger partial charge in [-0.05, 0) is 41.5 Å². The molecule has 0 radical (unpaired) electrons. The van der Waals surface area contributed by atoms with Crippen LogP contribution in [0.4, 0.5) is 5.13 Å². The molecule has 5 rings (SSSR count). The minimum Gasteiger partial charge on any atom is -0.497 e. The van der Waals surface area contributed by atoms with Crippen molar-refractivity contribution < 1.29 is 14.3 Å². The maximum absolute atomic E-state index is 13.7. The van der Waals surface area contributed by atoms with Gasteiger partial charge in [-0.3, -0.25) is 9.59 Å². The molecule has 2 atom stereocenters. The topological polar surface area (TPSA) is 71.5 Å². The number of fused-ring (bicyclic) bond motifs is 2. The highest BCUT2D eigenvalue weighted by atomic mass is 32.1. The number of ether oxygens (including phenoxy) is 1. The predicted octanol–water partition coefficient (Wildman–Crippen LogP) is 4.85. The van der Waals surface area contributed by atoms with Crippen LogP contribution in [-0.4, -0.2) is 35.9 Å². The molecule has 1 aliphatic rings. The summed E-state index contributed by atoms with van der Waals surface area (Å²) in [5, 5.41) is 3.55. The summed E-state index contributed by atoms with van der Waals surface area (Å²) in [4.78, 5) is 33.0. The first-order valence-corrected chi connectivity index (χ1v) is 11.0. The number of amides is 2. The Kier molecular flexibility index (Phi) is 5.11. The minimum absolute atomic E-state index is 0.106. The highest BCUT2D eigenvalue weighted by Gasteiger charge is 2.42. The van der Waals surface area contributed by atoms with Gasteiger partial charge in [0.05, 0.1) is 29.3 Å². The number of hydrogen-bond acceptors (Lipinski definition) is 5. The second-order valence-electron chi connectivity index (χ2n) is 7.67. The summed E-state index contributed by atoms with van der Waals surface area (Å²) in [7, 11) is 3.35. The summed E-state index contributed by atoms with van der Waals surface area (Å²) in [5.41, 5.74) is 2.97. The van der Waals surface area contributed by atoms with Gasteiger partial charge in [-0.2, -0.15) is 0 Å². The van der Waals surface area contributed by atoms with E-state index in [1.807, 2.05) is 66.7 Å². The molecule has 32 heavy (non-hydrogen) atoms. The summed E-state index contributed by atoms with van der Waals surface area (Å²) in [5.74, 6) is -0.175. The number of thiazole rings is 1. The van der Waals surface area contributed by atoms with Gasteiger partial charge in [-0.25, -0.2) is 4.98 Å². The van der Waals surface area contributed by atoms with Crippen LogP contribution in [0.15, 0.2) is 72.8 Å². The van der Waals surface area contributed by atoms with Crippen LogP contribution in [0.1, 0.15) is 33.4 Å². The number of carbonyl (C=O) groups excluding carboxylic acids is 2. The van der Waals surface area contributed by atoms with Crippen LogP contribution >= 0.6 is 11.3 Å². The van der Waals surface area contributed by atoms with Gasteiger partial charge in [0.1, 0.15) is 5.75 Å². The third-order valence-electron chi connectivity index (χ3n) is 5.84. The summed E-state index contributed by atoms with van der Waals surface area (Å²) in [6.45, 7) is 0. The van der Waals surface area contributed by atoms with Gasteiger partial charge in [-0.1, -0.05) is 53.8 Å². The lowest BCUT2D eigenvalue weighted by molar-refractivity contribution is -0.119. The summed E-state index contributed by atoms with van der Waals surface area (Å²) in [6.07, 6.45) is 0. The highest BCUT2D eigenvalue weighted by molar-refractivity contribution is 7.22. The van der Waals surface area contributed by atoms with E-state index in [-0.39, 0.29) is 11.8 Å². The number of anilines is 1. The average molecular weight is 444 g/mol. The van der Waals surface area contributed by atoms with Crippen molar-refractivity contribution >= 4 is 38.5 Å². The van der Waals surface area contributed by atoms with Crippen molar-refractivity contribution in [3.63, 3.8) is 0 Å². The Balaban J connectivity index is 1.57. The quantitative estimate of drug-likeness (QED) is 0.489. The van der Waals surface area contributed by atoms with E-state index in [4.69, 9.17) is 4.74 Å². The largest absolute Gasteiger partial charge is 0.497 e. The smallest absolute Gasteiger partial charge is 0.254 e. The normalized spacial score (nSPS) is 17.8. The first-order chi connectivity index (χ1) is 15.6. The van der Waals surface area contributed by atoms with Crippen LogP contribution in [0.3, 0.4) is 0 Å². The van der Waals surface area contributed by atoms with E-state index >= 15 is 0 Å². The molecule has 0 bridgehead atoms. The molecule has 160 valence electrons. The zero-order valence-corrected chi connectivity index (χ0v) is 18.4. The number of aromatic nitrogens is 1. The number of nitrogens with one attached hydrogen (secondary N) is 1. The molecule has 1 N–H and O–H groups in total. The fourth-order valence-electron chi connectivity index (χ4n) is 4.28. The van der Waals surface area contributed by atoms with E-state index < -0.39 is 12.0 Å². The maximum Gasteiger partial charge on any atom is 0.254 e. The first-order valence-electron chi connectivity index (χ1n) is 10.2. The molecule has 6 nitrogen and oxygen atoms in total. The molecule has 4 aromatic rings. The van der Waals surface area contributed by atoms with Crippen LogP contribution in [0, 0.1) is 0 Å². The third kappa shape index (κ3) is 3.40. The Morgan fingerprint density at radius 1 is 1.03 bits per heavy atom. The lowest BCUT2D eigenvalue weighted by Gasteiger charge is -2.39. The molecule has 2 amide bonds. The van der Waals surface area contributed by atoms with E-state index in [1.165, 1.54) is 11.3 Å². The van der Waals surface area contributed by atoms with Crippen molar-refractivity contribution in [3.8, 4) is 5.75 Å². The van der Waals surface area contributed by atoms with Crippen molar-refractivity contribution in [3.05, 3.63) is 89.5 Å². The van der Waals surface area contributed by atoms with Crippen LogP contribution in [0.25, 0.3) is 10.2 Å². The second-order valence-corrected chi connectivity index (χ2v) is 8.71. The Labute approximate surface area is 189 Å². The predicted molar refractivity (Wildman–Crippen MR) is 125 cm³/mol. The van der Waals surface area contributed by atoms with Crippen molar-refractivity contribution in [1.29, 1.82) is 0 Å². The highest BCUT2D eigenvalue weighted by Crippen LogP contribution is 2.43. The monoisotopic (exact) mass is 443 g/mol. The molecule has 0 spiro atoms. The summed E-state index contributed by atoms with van der Waals surface area (Å²) in [6, 6.07) is 22.1. The zero-order chi connectivity index (χ0) is 22.2. The molecule has 2 heterocycles. The van der Waals surface area contributed by atoms with Gasteiger partial charge in [0, 0.05) is 12.6 Å². The third-order valence-corrected chi connectivity index (χ3v) is 6.80. The average Bonchev–Trinajstić information content (AvgIpc) is 3.23. The number of likely N-dealkylation sites (N-methyl/N-ethyl adjacent to an activating group) is 1. The molecule has 1 aromatic heterocycles. The number of nitrogens with zero attached hydrogens (tertiary/aromatic N) is 2. The van der Waals surface area contributed by atoms with Gasteiger partial charge in [0.2, 0.25) is 5.91 Å². The molecular formula is C25H21N3O3S. The van der Waals surface area contributed by atoms with Gasteiger partial charge in [0.15, 0.2) is 5.13 Å². The SMILES string of the molecule is COc1ccc([C@@H]2[C@@H](C(=O)Nc3nc4ccccc4s3)c3ccccc3C(=O)N2C)cc1. The lowest BCUT2D eigenvalue weighted by atomic mass is 9.79. The molecule has 0 aliphatic carbocycles. The van der Waals surface area contributed by atoms with Crippen molar-refractivity contribution in [2.24, 2.45) is 0 Å². The minimum atomic E-state index is -0.589. The van der Waals surface area contributed by atoms with Gasteiger partial charge in [0.25, 0.3) is 5.91 Å². The summed E-state index contributed by atoms with van der Waals surface area (Å²) < 4.78 is 6.28. The molecule has 0 unspecified atom stereocenters. The molecule has 7 heteroatoms. The van der Waals surface area contributed by atoms with E-state index in [0.29, 0.717) is 10.7 Å². The van der Waals surface area contributed by atoms with Crippen LogP contribution in [-0.2, 0) is 4.79 Å². The Hall–Kier alpha value is -3.71. The van der Waals surface area contributed by atoms with Crippen molar-refractivity contribution in [2.45, 2.75) is 12.0 Å². The van der Waals surface area contributed by atoms with E-state index in [0.717, 1.165) is 27.1 Å². The number of para-hydroxylation sites is 1.